The third kappa shape index (κ3) is 2.22. The summed E-state index contributed by atoms with van der Waals surface area (Å²) in [7, 11) is 0. The lowest BCUT2D eigenvalue weighted by Crippen LogP contribution is -2.09. The van der Waals surface area contributed by atoms with E-state index in [4.69, 9.17) is 9.26 Å². The maximum absolute atomic E-state index is 9.70. The van der Waals surface area contributed by atoms with Crippen LogP contribution in [0.15, 0.2) is 28.8 Å². The second-order valence-corrected chi connectivity index (χ2v) is 4.37. The summed E-state index contributed by atoms with van der Waals surface area (Å²) in [5.74, 6) is 1.12. The third-order valence-electron chi connectivity index (χ3n) is 3.04. The van der Waals surface area contributed by atoms with Gasteiger partial charge < -0.3 is 14.4 Å². The van der Waals surface area contributed by atoms with Gasteiger partial charge in [0.05, 0.1) is 11.7 Å². The second-order valence-electron chi connectivity index (χ2n) is 4.37. The number of rotatable bonds is 3. The number of benzene rings is 1. The minimum absolute atomic E-state index is 0.143. The lowest BCUT2D eigenvalue weighted by atomic mass is 10.2. The van der Waals surface area contributed by atoms with E-state index in [1.807, 2.05) is 6.07 Å². The highest BCUT2D eigenvalue weighted by Crippen LogP contribution is 2.27. The molecule has 2 heterocycles. The molecule has 2 aromatic rings. The van der Waals surface area contributed by atoms with E-state index in [1.54, 1.807) is 18.2 Å². The molecule has 1 fully saturated rings. The van der Waals surface area contributed by atoms with Gasteiger partial charge in [0, 0.05) is 13.0 Å². The molecule has 1 unspecified atom stereocenters. The Hall–Kier alpha value is -1.88. The zero-order valence-electron chi connectivity index (χ0n) is 9.87. The fraction of sp³-hybridized carbons (Fsp3) is 0.385. The molecule has 1 atom stereocenters. The van der Waals surface area contributed by atoms with Crippen molar-refractivity contribution in [1.29, 1.82) is 0 Å². The van der Waals surface area contributed by atoms with Gasteiger partial charge in [-0.1, -0.05) is 17.3 Å². The molecule has 1 saturated heterocycles. The lowest BCUT2D eigenvalue weighted by Gasteiger charge is -2.03. The van der Waals surface area contributed by atoms with E-state index in [0.717, 1.165) is 19.4 Å². The van der Waals surface area contributed by atoms with Gasteiger partial charge in [-0.2, -0.15) is 4.98 Å². The van der Waals surface area contributed by atoms with Crippen molar-refractivity contribution < 1.29 is 14.4 Å². The number of hydrogen-bond donors (Lipinski definition) is 1. The van der Waals surface area contributed by atoms with Gasteiger partial charge in [0.2, 0.25) is 0 Å². The maximum atomic E-state index is 9.70. The summed E-state index contributed by atoms with van der Waals surface area (Å²) in [5.41, 5.74) is 0.559. The smallest absolute Gasteiger partial charge is 0.261 e. The minimum Gasteiger partial charge on any atom is -0.507 e. The number of phenols is 1. The molecule has 1 aliphatic rings. The largest absolute Gasteiger partial charge is 0.507 e. The Balaban J connectivity index is 1.79. The number of ether oxygens (including phenoxy) is 1. The van der Waals surface area contributed by atoms with Crippen molar-refractivity contribution in [1.82, 2.24) is 10.1 Å². The van der Waals surface area contributed by atoms with E-state index >= 15 is 0 Å². The van der Waals surface area contributed by atoms with Gasteiger partial charge in [0.25, 0.3) is 5.89 Å². The molecule has 3 rings (SSSR count). The van der Waals surface area contributed by atoms with Crippen LogP contribution in [0.2, 0.25) is 0 Å². The van der Waals surface area contributed by atoms with Crippen LogP contribution >= 0.6 is 0 Å². The minimum atomic E-state index is 0.143. The van der Waals surface area contributed by atoms with Crippen LogP contribution in [-0.4, -0.2) is 28.0 Å². The van der Waals surface area contributed by atoms with Crippen LogP contribution < -0.4 is 0 Å². The molecule has 1 N–H and O–H groups in total. The predicted molar refractivity (Wildman–Crippen MR) is 64.1 cm³/mol. The maximum Gasteiger partial charge on any atom is 0.261 e. The summed E-state index contributed by atoms with van der Waals surface area (Å²) in [6.45, 7) is 0.814. The number of aromatic hydroxyl groups is 1. The van der Waals surface area contributed by atoms with Crippen LogP contribution in [0.4, 0.5) is 0 Å². The molecule has 0 radical (unpaired) electrons. The Bertz CT molecular complexity index is 533. The highest BCUT2D eigenvalue weighted by molar-refractivity contribution is 5.61. The summed E-state index contributed by atoms with van der Waals surface area (Å²) < 4.78 is 10.7. The van der Waals surface area contributed by atoms with Gasteiger partial charge in [0.1, 0.15) is 5.75 Å². The Morgan fingerprint density at radius 2 is 2.22 bits per heavy atom. The fourth-order valence-corrected chi connectivity index (χ4v) is 2.11. The van der Waals surface area contributed by atoms with Gasteiger partial charge >= 0.3 is 0 Å². The molecular formula is C13H14N2O3. The van der Waals surface area contributed by atoms with Crippen molar-refractivity contribution in [2.75, 3.05) is 6.61 Å². The molecule has 0 bridgehead atoms. The van der Waals surface area contributed by atoms with Crippen molar-refractivity contribution >= 4 is 0 Å². The van der Waals surface area contributed by atoms with Crippen LogP contribution in [0, 0.1) is 0 Å². The average Bonchev–Trinajstić information content (AvgIpc) is 3.02. The summed E-state index contributed by atoms with van der Waals surface area (Å²) in [6, 6.07) is 6.92. The Labute approximate surface area is 104 Å². The quantitative estimate of drug-likeness (QED) is 0.898. The monoisotopic (exact) mass is 246 g/mol. The van der Waals surface area contributed by atoms with E-state index in [-0.39, 0.29) is 11.9 Å². The molecule has 94 valence electrons. The molecule has 1 aliphatic heterocycles. The van der Waals surface area contributed by atoms with Crippen LogP contribution in [-0.2, 0) is 11.2 Å². The zero-order chi connectivity index (χ0) is 12.4. The van der Waals surface area contributed by atoms with E-state index in [0.29, 0.717) is 23.7 Å². The second kappa shape index (κ2) is 4.78. The van der Waals surface area contributed by atoms with Crippen molar-refractivity contribution in [2.45, 2.75) is 25.4 Å². The molecule has 0 spiro atoms. The molecule has 1 aromatic heterocycles. The normalized spacial score (nSPS) is 19.2. The topological polar surface area (TPSA) is 68.4 Å². The van der Waals surface area contributed by atoms with E-state index in [2.05, 4.69) is 10.1 Å². The van der Waals surface area contributed by atoms with Crippen molar-refractivity contribution in [3.05, 3.63) is 30.1 Å². The number of nitrogens with zero attached hydrogens (tertiary/aromatic N) is 2. The number of hydrogen-bond acceptors (Lipinski definition) is 5. The molecular weight excluding hydrogens is 232 g/mol. The van der Waals surface area contributed by atoms with Gasteiger partial charge in [-0.3, -0.25) is 0 Å². The first-order valence-corrected chi connectivity index (χ1v) is 6.05. The van der Waals surface area contributed by atoms with Crippen molar-refractivity contribution in [2.24, 2.45) is 0 Å². The van der Waals surface area contributed by atoms with Crippen LogP contribution in [0.5, 0.6) is 5.75 Å². The Morgan fingerprint density at radius 3 is 3.00 bits per heavy atom. The van der Waals surface area contributed by atoms with Crippen molar-refractivity contribution in [3.8, 4) is 17.2 Å². The van der Waals surface area contributed by atoms with E-state index in [1.165, 1.54) is 0 Å². The first-order valence-electron chi connectivity index (χ1n) is 6.05. The standard InChI is InChI=1S/C13H14N2O3/c16-11-6-2-1-5-10(11)13-14-12(15-18-13)8-9-4-3-7-17-9/h1-2,5-6,9,16H,3-4,7-8H2. The number of aromatic nitrogens is 2. The highest BCUT2D eigenvalue weighted by Gasteiger charge is 2.20. The SMILES string of the molecule is Oc1ccccc1-c1nc(CC2CCCO2)no1. The molecule has 0 amide bonds. The third-order valence-corrected chi connectivity index (χ3v) is 3.04. The van der Waals surface area contributed by atoms with Gasteiger partial charge in [0.15, 0.2) is 5.82 Å². The average molecular weight is 246 g/mol. The highest BCUT2D eigenvalue weighted by atomic mass is 16.5. The Morgan fingerprint density at radius 1 is 1.33 bits per heavy atom. The molecule has 0 aliphatic carbocycles. The van der Waals surface area contributed by atoms with Crippen LogP contribution in [0.25, 0.3) is 11.5 Å². The summed E-state index contributed by atoms with van der Waals surface area (Å²) >= 11 is 0. The van der Waals surface area contributed by atoms with E-state index < -0.39 is 0 Å². The summed E-state index contributed by atoms with van der Waals surface area (Å²) in [4.78, 5) is 4.29. The molecule has 5 heteroatoms. The predicted octanol–water partition coefficient (Wildman–Crippen LogP) is 2.16. The van der Waals surface area contributed by atoms with Gasteiger partial charge in [-0.25, -0.2) is 0 Å². The molecule has 1 aromatic carbocycles. The van der Waals surface area contributed by atoms with Gasteiger partial charge in [-0.05, 0) is 25.0 Å². The number of para-hydroxylation sites is 1. The fourth-order valence-electron chi connectivity index (χ4n) is 2.11. The first kappa shape index (κ1) is 11.2. The summed E-state index contributed by atoms with van der Waals surface area (Å²) in [6.07, 6.45) is 2.99. The lowest BCUT2D eigenvalue weighted by molar-refractivity contribution is 0.109. The van der Waals surface area contributed by atoms with Gasteiger partial charge in [-0.15, -0.1) is 0 Å². The molecule has 5 nitrogen and oxygen atoms in total. The zero-order valence-corrected chi connectivity index (χ0v) is 9.87. The summed E-state index contributed by atoms with van der Waals surface area (Å²) in [5, 5.41) is 13.6. The molecule has 18 heavy (non-hydrogen) atoms. The molecule has 0 saturated carbocycles. The van der Waals surface area contributed by atoms with Crippen LogP contribution in [0.1, 0.15) is 18.7 Å². The first-order chi connectivity index (χ1) is 8.83. The number of phenolic OH excluding ortho intramolecular Hbond substituents is 1. The Kier molecular flexibility index (Phi) is 2.98. The van der Waals surface area contributed by atoms with Crippen LogP contribution in [0.3, 0.4) is 0 Å². The van der Waals surface area contributed by atoms with Crippen molar-refractivity contribution in [3.63, 3.8) is 0 Å². The van der Waals surface area contributed by atoms with E-state index in [9.17, 15) is 5.11 Å².